The van der Waals surface area contributed by atoms with Crippen molar-refractivity contribution < 1.29 is 22.7 Å². The minimum atomic E-state index is -3.22. The first-order chi connectivity index (χ1) is 14.6. The fourth-order valence-electron chi connectivity index (χ4n) is 3.95. The number of likely N-dealkylation sites (tertiary alicyclic amines) is 1. The Labute approximate surface area is 186 Å². The smallest absolute Gasteiger partial charge is 0.260 e. The fourth-order valence-corrected chi connectivity index (χ4v) is 4.88. The van der Waals surface area contributed by atoms with E-state index in [2.05, 4.69) is 19.2 Å². The molecule has 1 fully saturated rings. The minimum Gasteiger partial charge on any atom is -0.484 e. The first-order valence-electron chi connectivity index (χ1n) is 10.9. The highest BCUT2D eigenvalue weighted by atomic mass is 32.2. The Hall–Kier alpha value is -2.13. The van der Waals surface area contributed by atoms with Gasteiger partial charge >= 0.3 is 0 Å². The van der Waals surface area contributed by atoms with Gasteiger partial charge in [0, 0.05) is 37.3 Å². The number of hydrogen-bond acceptors (Lipinski definition) is 5. The molecule has 0 aliphatic carbocycles. The van der Waals surface area contributed by atoms with Gasteiger partial charge in [0.2, 0.25) is 10.0 Å². The van der Waals surface area contributed by atoms with Crippen LogP contribution >= 0.6 is 0 Å². The standard InChI is InChI=1S/C22H35N3O5S/c1-5-24(31(4,28)29)15-7-14-23-22(27)19-10-12-20(13-11-19)30-16-21(26)25-17(2)8-6-9-18(25)3/h10-13,17-18H,5-9,14-16H2,1-4H3,(H,23,27). The Kier molecular flexibility index (Phi) is 9.31. The first kappa shape index (κ1) is 25.1. The molecule has 0 bridgehead atoms. The summed E-state index contributed by atoms with van der Waals surface area (Å²) in [6.45, 7) is 7.06. The molecule has 1 aromatic carbocycles. The molecule has 0 aromatic heterocycles. The van der Waals surface area contributed by atoms with Gasteiger partial charge in [-0.05, 0) is 63.8 Å². The van der Waals surface area contributed by atoms with Gasteiger partial charge in [0.05, 0.1) is 6.26 Å². The molecule has 8 nitrogen and oxygen atoms in total. The molecule has 2 atom stereocenters. The van der Waals surface area contributed by atoms with E-state index in [4.69, 9.17) is 4.74 Å². The second-order valence-corrected chi connectivity index (χ2v) is 10.1. The van der Waals surface area contributed by atoms with Crippen molar-refractivity contribution in [3.05, 3.63) is 29.8 Å². The maximum absolute atomic E-state index is 12.5. The van der Waals surface area contributed by atoms with Crippen LogP contribution in [0.4, 0.5) is 0 Å². The van der Waals surface area contributed by atoms with Gasteiger partial charge in [-0.1, -0.05) is 6.92 Å². The van der Waals surface area contributed by atoms with E-state index in [1.165, 1.54) is 10.6 Å². The van der Waals surface area contributed by atoms with Crippen molar-refractivity contribution in [3.63, 3.8) is 0 Å². The summed E-state index contributed by atoms with van der Waals surface area (Å²) >= 11 is 0. The zero-order valence-electron chi connectivity index (χ0n) is 19.0. The fraction of sp³-hybridized carbons (Fsp3) is 0.636. The van der Waals surface area contributed by atoms with Crippen molar-refractivity contribution in [3.8, 4) is 5.75 Å². The molecule has 0 spiro atoms. The summed E-state index contributed by atoms with van der Waals surface area (Å²) in [5.41, 5.74) is 0.479. The van der Waals surface area contributed by atoms with Gasteiger partial charge in [0.1, 0.15) is 5.75 Å². The summed E-state index contributed by atoms with van der Waals surface area (Å²) in [6, 6.07) is 7.11. The van der Waals surface area contributed by atoms with Crippen LogP contribution in [0, 0.1) is 0 Å². The zero-order chi connectivity index (χ0) is 23.0. The molecule has 0 saturated carbocycles. The molecule has 2 rings (SSSR count). The highest BCUT2D eigenvalue weighted by Gasteiger charge is 2.29. The molecule has 1 aliphatic rings. The molecule has 31 heavy (non-hydrogen) atoms. The summed E-state index contributed by atoms with van der Waals surface area (Å²) < 4.78 is 30.1. The topological polar surface area (TPSA) is 96.0 Å². The highest BCUT2D eigenvalue weighted by molar-refractivity contribution is 7.88. The summed E-state index contributed by atoms with van der Waals surface area (Å²) in [5, 5.41) is 2.79. The maximum atomic E-state index is 12.5. The van der Waals surface area contributed by atoms with Crippen molar-refractivity contribution in [2.24, 2.45) is 0 Å². The number of sulfonamides is 1. The quantitative estimate of drug-likeness (QED) is 0.548. The van der Waals surface area contributed by atoms with Gasteiger partial charge < -0.3 is 15.0 Å². The van der Waals surface area contributed by atoms with Crippen LogP contribution in [0.3, 0.4) is 0 Å². The third-order valence-corrected chi connectivity index (χ3v) is 7.03. The molecule has 1 heterocycles. The van der Waals surface area contributed by atoms with Gasteiger partial charge in [-0.15, -0.1) is 0 Å². The van der Waals surface area contributed by atoms with E-state index in [0.717, 1.165) is 19.3 Å². The lowest BCUT2D eigenvalue weighted by molar-refractivity contribution is -0.139. The van der Waals surface area contributed by atoms with Crippen LogP contribution in [0.1, 0.15) is 56.8 Å². The maximum Gasteiger partial charge on any atom is 0.260 e. The molecule has 2 amide bonds. The Morgan fingerprint density at radius 2 is 1.77 bits per heavy atom. The van der Waals surface area contributed by atoms with Crippen molar-refractivity contribution in [1.82, 2.24) is 14.5 Å². The van der Waals surface area contributed by atoms with Crippen LogP contribution in [-0.4, -0.2) is 74.0 Å². The highest BCUT2D eigenvalue weighted by Crippen LogP contribution is 2.23. The average molecular weight is 454 g/mol. The van der Waals surface area contributed by atoms with E-state index in [1.54, 1.807) is 31.2 Å². The van der Waals surface area contributed by atoms with Crippen LogP contribution in [0.15, 0.2) is 24.3 Å². The first-order valence-corrected chi connectivity index (χ1v) is 12.8. The van der Waals surface area contributed by atoms with Crippen LogP contribution in [0.5, 0.6) is 5.75 Å². The third-order valence-electron chi connectivity index (χ3n) is 5.65. The number of nitrogens with zero attached hydrogens (tertiary/aromatic N) is 2. The number of nitrogens with one attached hydrogen (secondary N) is 1. The van der Waals surface area contributed by atoms with Crippen LogP contribution in [0.25, 0.3) is 0 Å². The largest absolute Gasteiger partial charge is 0.484 e. The van der Waals surface area contributed by atoms with E-state index in [-0.39, 0.29) is 30.5 Å². The van der Waals surface area contributed by atoms with Gasteiger partial charge in [-0.25, -0.2) is 12.7 Å². The Bertz CT molecular complexity index is 831. The van der Waals surface area contributed by atoms with Gasteiger partial charge in [-0.3, -0.25) is 9.59 Å². The number of hydrogen-bond donors (Lipinski definition) is 1. The molecular formula is C22H35N3O5S. The van der Waals surface area contributed by atoms with Crippen molar-refractivity contribution in [2.75, 3.05) is 32.5 Å². The van der Waals surface area contributed by atoms with E-state index < -0.39 is 10.0 Å². The summed E-state index contributed by atoms with van der Waals surface area (Å²) in [6.07, 6.45) is 4.89. The normalized spacial score (nSPS) is 19.3. The molecule has 1 N–H and O–H groups in total. The van der Waals surface area contributed by atoms with Crippen LogP contribution < -0.4 is 10.1 Å². The van der Waals surface area contributed by atoms with E-state index in [1.807, 2.05) is 4.90 Å². The number of piperidine rings is 1. The zero-order valence-corrected chi connectivity index (χ0v) is 19.8. The summed E-state index contributed by atoms with van der Waals surface area (Å²) in [7, 11) is -3.22. The van der Waals surface area contributed by atoms with Crippen LogP contribution in [0.2, 0.25) is 0 Å². The molecule has 174 valence electrons. The second-order valence-electron chi connectivity index (χ2n) is 8.11. The third kappa shape index (κ3) is 7.50. The summed E-state index contributed by atoms with van der Waals surface area (Å²) in [4.78, 5) is 26.7. The number of rotatable bonds is 10. The van der Waals surface area contributed by atoms with Crippen molar-refractivity contribution in [2.45, 2.75) is 58.5 Å². The number of amides is 2. The molecule has 1 aliphatic heterocycles. The number of carbonyl (C=O) groups is 2. The number of carbonyl (C=O) groups excluding carboxylic acids is 2. The monoisotopic (exact) mass is 453 g/mol. The number of benzene rings is 1. The van der Waals surface area contributed by atoms with Crippen molar-refractivity contribution >= 4 is 21.8 Å². The minimum absolute atomic E-state index is 0.0169. The molecule has 2 unspecified atom stereocenters. The molecule has 9 heteroatoms. The van der Waals surface area contributed by atoms with Gasteiger partial charge in [-0.2, -0.15) is 0 Å². The molecule has 1 aromatic rings. The molecule has 1 saturated heterocycles. The molecule has 0 radical (unpaired) electrons. The molecular weight excluding hydrogens is 418 g/mol. The Balaban J connectivity index is 1.78. The predicted molar refractivity (Wildman–Crippen MR) is 121 cm³/mol. The van der Waals surface area contributed by atoms with Gasteiger partial charge in [0.25, 0.3) is 11.8 Å². The predicted octanol–water partition coefficient (Wildman–Crippen LogP) is 2.26. The number of ether oxygens (including phenoxy) is 1. The summed E-state index contributed by atoms with van der Waals surface area (Å²) in [5.74, 6) is 0.284. The lowest BCUT2D eigenvalue weighted by Gasteiger charge is -2.38. The lowest BCUT2D eigenvalue weighted by Crippen LogP contribution is -2.49. The van der Waals surface area contributed by atoms with E-state index in [9.17, 15) is 18.0 Å². The second kappa shape index (κ2) is 11.5. The SMILES string of the molecule is CCN(CCCNC(=O)c1ccc(OCC(=O)N2C(C)CCCC2C)cc1)S(C)(=O)=O. The van der Waals surface area contributed by atoms with Crippen LogP contribution in [-0.2, 0) is 14.8 Å². The Morgan fingerprint density at radius 3 is 2.32 bits per heavy atom. The van der Waals surface area contributed by atoms with Gasteiger partial charge in [0.15, 0.2) is 6.61 Å². The lowest BCUT2D eigenvalue weighted by atomic mass is 9.97. The average Bonchev–Trinajstić information content (AvgIpc) is 2.71. The van der Waals surface area contributed by atoms with E-state index >= 15 is 0 Å². The van der Waals surface area contributed by atoms with E-state index in [0.29, 0.717) is 37.4 Å². The van der Waals surface area contributed by atoms with Crippen molar-refractivity contribution in [1.29, 1.82) is 0 Å². The Morgan fingerprint density at radius 1 is 1.16 bits per heavy atom.